The van der Waals surface area contributed by atoms with Gasteiger partial charge in [-0.3, -0.25) is 4.79 Å². The van der Waals surface area contributed by atoms with Gasteiger partial charge in [-0.1, -0.05) is 18.6 Å². The maximum atomic E-state index is 12.2. The second-order valence-corrected chi connectivity index (χ2v) is 5.71. The van der Waals surface area contributed by atoms with E-state index < -0.39 is 0 Å². The predicted molar refractivity (Wildman–Crippen MR) is 99.6 cm³/mol. The van der Waals surface area contributed by atoms with E-state index in [1.807, 2.05) is 39.0 Å². The van der Waals surface area contributed by atoms with Crippen molar-refractivity contribution in [3.63, 3.8) is 0 Å². The van der Waals surface area contributed by atoms with E-state index in [0.717, 1.165) is 29.0 Å². The van der Waals surface area contributed by atoms with Crippen LogP contribution in [0.2, 0.25) is 0 Å². The highest BCUT2D eigenvalue weighted by atomic mass is 16.5. The van der Waals surface area contributed by atoms with E-state index >= 15 is 0 Å². The monoisotopic (exact) mass is 340 g/mol. The third-order valence-corrected chi connectivity index (χ3v) is 3.66. The minimum atomic E-state index is -0.270. The lowest BCUT2D eigenvalue weighted by Crippen LogP contribution is -2.19. The Balaban J connectivity index is 2.07. The fourth-order valence-corrected chi connectivity index (χ4v) is 2.29. The predicted octanol–water partition coefficient (Wildman–Crippen LogP) is 3.95. The summed E-state index contributed by atoms with van der Waals surface area (Å²) in [6.45, 7) is 6.54. The molecule has 0 aliphatic heterocycles. The lowest BCUT2D eigenvalue weighted by atomic mass is 10.1. The normalized spacial score (nSPS) is 11.1. The maximum absolute atomic E-state index is 12.2. The largest absolute Gasteiger partial charge is 0.496 e. The molecule has 25 heavy (non-hydrogen) atoms. The summed E-state index contributed by atoms with van der Waals surface area (Å²) in [7, 11) is 1.61. The molecule has 5 nitrogen and oxygen atoms in total. The highest BCUT2D eigenvalue weighted by Gasteiger charge is 2.09. The Labute approximate surface area is 148 Å². The van der Waals surface area contributed by atoms with Gasteiger partial charge in [0.05, 0.1) is 19.4 Å². The van der Waals surface area contributed by atoms with Crippen LogP contribution in [0.3, 0.4) is 0 Å². The summed E-state index contributed by atoms with van der Waals surface area (Å²) in [5.41, 5.74) is 5.73. The maximum Gasteiger partial charge on any atom is 0.271 e. The summed E-state index contributed by atoms with van der Waals surface area (Å²) in [6, 6.07) is 12.8. The Morgan fingerprint density at radius 1 is 1.16 bits per heavy atom. The third kappa shape index (κ3) is 5.08. The van der Waals surface area contributed by atoms with Crippen LogP contribution >= 0.6 is 0 Å². The quantitative estimate of drug-likeness (QED) is 0.613. The summed E-state index contributed by atoms with van der Waals surface area (Å²) >= 11 is 0. The molecule has 0 saturated heterocycles. The van der Waals surface area contributed by atoms with E-state index in [4.69, 9.17) is 9.47 Å². The van der Waals surface area contributed by atoms with E-state index in [1.54, 1.807) is 31.4 Å². The molecule has 0 aliphatic rings. The molecule has 0 aromatic heterocycles. The van der Waals surface area contributed by atoms with Gasteiger partial charge in [-0.05, 0) is 56.7 Å². The lowest BCUT2D eigenvalue weighted by Gasteiger charge is -2.09. The summed E-state index contributed by atoms with van der Waals surface area (Å²) in [4.78, 5) is 12.2. The highest BCUT2D eigenvalue weighted by molar-refractivity contribution is 6.02. The van der Waals surface area contributed by atoms with E-state index in [0.29, 0.717) is 17.9 Å². The molecule has 0 bridgehead atoms. The van der Waals surface area contributed by atoms with Crippen molar-refractivity contribution < 1.29 is 14.3 Å². The Morgan fingerprint density at radius 2 is 1.88 bits per heavy atom. The first-order valence-corrected chi connectivity index (χ1v) is 8.27. The van der Waals surface area contributed by atoms with Crippen molar-refractivity contribution in [3.8, 4) is 11.5 Å². The Hall–Kier alpha value is -2.82. The molecule has 0 atom stereocenters. The number of rotatable bonds is 7. The number of hydrogen-bond donors (Lipinski definition) is 1. The summed E-state index contributed by atoms with van der Waals surface area (Å²) < 4.78 is 10.9. The number of benzene rings is 2. The number of carbonyl (C=O) groups excluding carboxylic acids is 1. The molecular formula is C20H24N2O3. The number of nitrogens with one attached hydrogen (secondary N) is 1. The number of methoxy groups -OCH3 is 1. The van der Waals surface area contributed by atoms with Crippen LogP contribution in [0.1, 0.15) is 41.8 Å². The molecule has 2 aromatic carbocycles. The van der Waals surface area contributed by atoms with E-state index in [9.17, 15) is 4.79 Å². The van der Waals surface area contributed by atoms with Crippen LogP contribution < -0.4 is 14.9 Å². The zero-order valence-corrected chi connectivity index (χ0v) is 15.1. The van der Waals surface area contributed by atoms with Crippen LogP contribution in [0.15, 0.2) is 47.6 Å². The minimum absolute atomic E-state index is 0.270. The van der Waals surface area contributed by atoms with E-state index in [1.165, 1.54) is 0 Å². The zero-order chi connectivity index (χ0) is 18.2. The van der Waals surface area contributed by atoms with E-state index in [-0.39, 0.29) is 5.91 Å². The van der Waals surface area contributed by atoms with Gasteiger partial charge in [-0.15, -0.1) is 0 Å². The first-order chi connectivity index (χ1) is 12.0. The van der Waals surface area contributed by atoms with Crippen LogP contribution in [0.25, 0.3) is 0 Å². The van der Waals surface area contributed by atoms with Crippen molar-refractivity contribution >= 4 is 11.6 Å². The number of carbonyl (C=O) groups is 1. The van der Waals surface area contributed by atoms with Gasteiger partial charge in [0.15, 0.2) is 0 Å². The number of amides is 1. The fourth-order valence-electron chi connectivity index (χ4n) is 2.29. The zero-order valence-electron chi connectivity index (χ0n) is 15.1. The molecule has 0 saturated carbocycles. The standard InChI is InChI=1S/C20H24N2O3/c1-5-12-25-17-9-7-16(8-10-17)20(23)22-21-15(3)18-13-14(2)6-11-19(18)24-4/h6-11,13H,5,12H2,1-4H3,(H,22,23)/b21-15-. The van der Waals surface area contributed by atoms with Gasteiger partial charge in [-0.25, -0.2) is 5.43 Å². The number of ether oxygens (including phenoxy) is 2. The topological polar surface area (TPSA) is 59.9 Å². The van der Waals surface area contributed by atoms with Gasteiger partial charge in [0.1, 0.15) is 11.5 Å². The van der Waals surface area contributed by atoms with Crippen LogP contribution in [0, 0.1) is 6.92 Å². The Morgan fingerprint density at radius 3 is 2.52 bits per heavy atom. The van der Waals surface area contributed by atoms with Gasteiger partial charge in [0.2, 0.25) is 0 Å². The second-order valence-electron chi connectivity index (χ2n) is 5.71. The number of nitrogens with zero attached hydrogens (tertiary/aromatic N) is 1. The average molecular weight is 340 g/mol. The number of hydrazone groups is 1. The molecule has 132 valence electrons. The second kappa shape index (κ2) is 8.87. The summed E-state index contributed by atoms with van der Waals surface area (Å²) in [5.74, 6) is 1.20. The summed E-state index contributed by atoms with van der Waals surface area (Å²) in [6.07, 6.45) is 0.943. The Bertz CT molecular complexity index is 752. The van der Waals surface area contributed by atoms with Crippen molar-refractivity contribution in [2.75, 3.05) is 13.7 Å². The number of aryl methyl sites for hydroxylation is 1. The molecule has 2 rings (SSSR count). The van der Waals surface area contributed by atoms with Crippen molar-refractivity contribution in [1.82, 2.24) is 5.43 Å². The molecule has 1 N–H and O–H groups in total. The molecule has 0 fully saturated rings. The third-order valence-electron chi connectivity index (χ3n) is 3.66. The first-order valence-electron chi connectivity index (χ1n) is 8.27. The van der Waals surface area contributed by atoms with Gasteiger partial charge in [-0.2, -0.15) is 5.10 Å². The molecule has 0 unspecified atom stereocenters. The molecule has 0 spiro atoms. The van der Waals surface area contributed by atoms with Gasteiger partial charge in [0, 0.05) is 11.1 Å². The van der Waals surface area contributed by atoms with Crippen LogP contribution in [-0.4, -0.2) is 25.3 Å². The Kier molecular flexibility index (Phi) is 6.57. The SMILES string of the molecule is CCCOc1ccc(C(=O)N/N=C(/C)c2cc(C)ccc2OC)cc1. The van der Waals surface area contributed by atoms with Crippen molar-refractivity contribution in [2.24, 2.45) is 5.10 Å². The molecule has 1 amide bonds. The van der Waals surface area contributed by atoms with E-state index in [2.05, 4.69) is 10.5 Å². The smallest absolute Gasteiger partial charge is 0.271 e. The molecule has 0 aliphatic carbocycles. The van der Waals surface area contributed by atoms with Crippen molar-refractivity contribution in [1.29, 1.82) is 0 Å². The van der Waals surface area contributed by atoms with Gasteiger partial charge in [0.25, 0.3) is 5.91 Å². The fraction of sp³-hybridized carbons (Fsp3) is 0.300. The molecular weight excluding hydrogens is 316 g/mol. The summed E-state index contributed by atoms with van der Waals surface area (Å²) in [5, 5.41) is 4.20. The van der Waals surface area contributed by atoms with Crippen LogP contribution in [0.4, 0.5) is 0 Å². The van der Waals surface area contributed by atoms with Crippen LogP contribution in [0.5, 0.6) is 11.5 Å². The molecule has 0 heterocycles. The highest BCUT2D eigenvalue weighted by Crippen LogP contribution is 2.20. The van der Waals surface area contributed by atoms with Gasteiger partial charge < -0.3 is 9.47 Å². The molecule has 5 heteroatoms. The average Bonchev–Trinajstić information content (AvgIpc) is 2.64. The number of hydrogen-bond acceptors (Lipinski definition) is 4. The first kappa shape index (κ1) is 18.5. The molecule has 2 aromatic rings. The van der Waals surface area contributed by atoms with Gasteiger partial charge >= 0.3 is 0 Å². The van der Waals surface area contributed by atoms with Crippen molar-refractivity contribution in [3.05, 3.63) is 59.2 Å². The lowest BCUT2D eigenvalue weighted by molar-refractivity contribution is 0.0955. The van der Waals surface area contributed by atoms with Crippen LogP contribution in [-0.2, 0) is 0 Å². The van der Waals surface area contributed by atoms with Crippen molar-refractivity contribution in [2.45, 2.75) is 27.2 Å². The molecule has 0 radical (unpaired) electrons. The minimum Gasteiger partial charge on any atom is -0.496 e.